The Morgan fingerprint density at radius 3 is 2.78 bits per heavy atom. The maximum Gasteiger partial charge on any atom is 0.263 e. The molecule has 0 unspecified atom stereocenters. The first-order valence-corrected chi connectivity index (χ1v) is 12.0. The fourth-order valence-corrected chi connectivity index (χ4v) is 4.79. The number of carbonyl (C=O) groups is 1. The molecule has 3 heterocycles. The summed E-state index contributed by atoms with van der Waals surface area (Å²) in [4.78, 5) is 35.2. The molecule has 1 aromatic carbocycles. The molecule has 1 saturated heterocycles. The molecule has 1 N–H and O–H groups in total. The van der Waals surface area contributed by atoms with Crippen molar-refractivity contribution in [1.82, 2.24) is 14.5 Å². The molecular formula is C24H28N4O3S. The summed E-state index contributed by atoms with van der Waals surface area (Å²) in [5.74, 6) is -0.110. The number of carbonyl (C=O) groups excluding carboxylic acids is 1. The number of benzene rings is 1. The van der Waals surface area contributed by atoms with Crippen molar-refractivity contribution in [3.8, 4) is 0 Å². The van der Waals surface area contributed by atoms with Crippen LogP contribution in [0.5, 0.6) is 0 Å². The Hall–Kier alpha value is -2.71. The van der Waals surface area contributed by atoms with E-state index in [9.17, 15) is 9.59 Å². The summed E-state index contributed by atoms with van der Waals surface area (Å²) in [6, 6.07) is 11.3. The van der Waals surface area contributed by atoms with E-state index in [1.807, 2.05) is 31.2 Å². The highest BCUT2D eigenvalue weighted by atomic mass is 32.2. The molecule has 7 nitrogen and oxygen atoms in total. The molecule has 1 aliphatic rings. The van der Waals surface area contributed by atoms with E-state index in [2.05, 4.69) is 22.2 Å². The highest BCUT2D eigenvalue weighted by Crippen LogP contribution is 2.27. The van der Waals surface area contributed by atoms with Gasteiger partial charge in [-0.25, -0.2) is 9.97 Å². The van der Waals surface area contributed by atoms with Gasteiger partial charge in [-0.15, -0.1) is 0 Å². The Morgan fingerprint density at radius 1 is 1.28 bits per heavy atom. The minimum Gasteiger partial charge on any atom is -0.376 e. The van der Waals surface area contributed by atoms with E-state index >= 15 is 0 Å². The molecule has 0 spiro atoms. The van der Waals surface area contributed by atoms with Crippen LogP contribution in [-0.2, 0) is 22.5 Å². The monoisotopic (exact) mass is 452 g/mol. The average molecular weight is 453 g/mol. The van der Waals surface area contributed by atoms with E-state index < -0.39 is 5.25 Å². The number of ether oxygens (including phenoxy) is 1. The molecule has 0 saturated carbocycles. The highest BCUT2D eigenvalue weighted by Gasteiger charge is 2.25. The van der Waals surface area contributed by atoms with Crippen molar-refractivity contribution in [1.29, 1.82) is 0 Å². The Bertz CT molecular complexity index is 1140. The fourth-order valence-electron chi connectivity index (χ4n) is 3.78. The number of nitrogens with zero attached hydrogens (tertiary/aromatic N) is 3. The van der Waals surface area contributed by atoms with Crippen LogP contribution >= 0.6 is 11.8 Å². The molecule has 1 amide bonds. The van der Waals surface area contributed by atoms with E-state index in [0.29, 0.717) is 35.8 Å². The van der Waals surface area contributed by atoms with Crippen LogP contribution in [0.25, 0.3) is 11.0 Å². The summed E-state index contributed by atoms with van der Waals surface area (Å²) in [5, 5.41) is 3.57. The van der Waals surface area contributed by atoms with Gasteiger partial charge in [-0.2, -0.15) is 0 Å². The van der Waals surface area contributed by atoms with Crippen LogP contribution in [0, 0.1) is 0 Å². The van der Waals surface area contributed by atoms with Gasteiger partial charge in [-0.1, -0.05) is 37.7 Å². The molecule has 1 aliphatic heterocycles. The van der Waals surface area contributed by atoms with Crippen molar-refractivity contribution < 1.29 is 9.53 Å². The van der Waals surface area contributed by atoms with Gasteiger partial charge in [-0.05, 0) is 55.5 Å². The van der Waals surface area contributed by atoms with Crippen LogP contribution in [0.4, 0.5) is 5.69 Å². The number of rotatable bonds is 8. The average Bonchev–Trinajstić information content (AvgIpc) is 3.33. The Kier molecular flexibility index (Phi) is 7.22. The van der Waals surface area contributed by atoms with Gasteiger partial charge in [0.1, 0.15) is 0 Å². The number of thioether (sulfide) groups is 1. The lowest BCUT2D eigenvalue weighted by Gasteiger charge is -2.19. The number of nitrogens with one attached hydrogen (secondary N) is 1. The predicted octanol–water partition coefficient (Wildman–Crippen LogP) is 4.04. The van der Waals surface area contributed by atoms with Gasteiger partial charge in [0.25, 0.3) is 5.56 Å². The quantitative estimate of drug-likeness (QED) is 0.410. The minimum atomic E-state index is -0.398. The summed E-state index contributed by atoms with van der Waals surface area (Å²) in [6.45, 7) is 5.19. The van der Waals surface area contributed by atoms with Crippen molar-refractivity contribution >= 4 is 34.4 Å². The van der Waals surface area contributed by atoms with E-state index in [4.69, 9.17) is 4.74 Å². The third kappa shape index (κ3) is 5.02. The number of fused-ring (bicyclic) bond motifs is 1. The van der Waals surface area contributed by atoms with Gasteiger partial charge in [0.05, 0.1) is 23.3 Å². The maximum atomic E-state index is 13.2. The summed E-state index contributed by atoms with van der Waals surface area (Å²) in [6.07, 6.45) is 5.05. The summed E-state index contributed by atoms with van der Waals surface area (Å²) in [5.41, 5.74) is 2.23. The van der Waals surface area contributed by atoms with E-state index in [1.165, 1.54) is 17.3 Å². The maximum absolute atomic E-state index is 13.2. The van der Waals surface area contributed by atoms with E-state index in [-0.39, 0.29) is 17.6 Å². The van der Waals surface area contributed by atoms with Crippen molar-refractivity contribution in [3.05, 3.63) is 58.5 Å². The second-order valence-corrected chi connectivity index (χ2v) is 9.04. The summed E-state index contributed by atoms with van der Waals surface area (Å²) < 4.78 is 7.41. The Balaban J connectivity index is 1.61. The predicted molar refractivity (Wildman–Crippen MR) is 127 cm³/mol. The second kappa shape index (κ2) is 10.3. The van der Waals surface area contributed by atoms with Crippen LogP contribution in [0.3, 0.4) is 0 Å². The van der Waals surface area contributed by atoms with Crippen molar-refractivity contribution in [3.63, 3.8) is 0 Å². The van der Waals surface area contributed by atoms with Crippen LogP contribution in [0.15, 0.2) is 52.5 Å². The standard InChI is InChI=1S/C24H28N4O3S/c1-3-16-9-11-17(12-10-16)26-22(29)20(4-2)32-24-27-21-19(8-5-13-25-21)23(30)28(24)15-18-7-6-14-31-18/h5,8-13,18,20H,3-4,6-7,14-15H2,1-2H3,(H,26,29)/t18-,20+/m1/s1. The largest absolute Gasteiger partial charge is 0.376 e. The van der Waals surface area contributed by atoms with Gasteiger partial charge >= 0.3 is 0 Å². The molecular weight excluding hydrogens is 424 g/mol. The molecule has 32 heavy (non-hydrogen) atoms. The third-order valence-corrected chi connectivity index (χ3v) is 7.00. The smallest absolute Gasteiger partial charge is 0.263 e. The van der Waals surface area contributed by atoms with Crippen molar-refractivity contribution in [2.75, 3.05) is 11.9 Å². The second-order valence-electron chi connectivity index (χ2n) is 7.87. The number of amides is 1. The SMILES string of the molecule is CCc1ccc(NC(=O)[C@H](CC)Sc2nc3ncccc3c(=O)n2C[C@H]2CCCO2)cc1. The number of aromatic nitrogens is 3. The first-order chi connectivity index (χ1) is 15.6. The topological polar surface area (TPSA) is 86.1 Å². The van der Waals surface area contributed by atoms with Gasteiger partial charge in [0.2, 0.25) is 5.91 Å². The normalized spacial score (nSPS) is 16.9. The van der Waals surface area contributed by atoms with Crippen molar-refractivity contribution in [2.24, 2.45) is 0 Å². The van der Waals surface area contributed by atoms with Crippen LogP contribution < -0.4 is 10.9 Å². The molecule has 3 aromatic rings. The summed E-state index contributed by atoms with van der Waals surface area (Å²) in [7, 11) is 0. The van der Waals surface area contributed by atoms with Gasteiger partial charge in [-0.3, -0.25) is 14.2 Å². The molecule has 0 bridgehead atoms. The molecule has 168 valence electrons. The lowest BCUT2D eigenvalue weighted by atomic mass is 10.1. The third-order valence-electron chi connectivity index (χ3n) is 5.65. The van der Waals surface area contributed by atoms with Crippen LogP contribution in [0.2, 0.25) is 0 Å². The molecule has 0 radical (unpaired) electrons. The zero-order chi connectivity index (χ0) is 22.5. The fraction of sp³-hybridized carbons (Fsp3) is 0.417. The molecule has 2 atom stereocenters. The number of pyridine rings is 1. The minimum absolute atomic E-state index is 0.0195. The molecule has 8 heteroatoms. The van der Waals surface area contributed by atoms with E-state index in [1.54, 1.807) is 22.9 Å². The van der Waals surface area contributed by atoms with Gasteiger partial charge in [0.15, 0.2) is 10.8 Å². The first kappa shape index (κ1) is 22.5. The lowest BCUT2D eigenvalue weighted by molar-refractivity contribution is -0.115. The lowest BCUT2D eigenvalue weighted by Crippen LogP contribution is -2.31. The first-order valence-electron chi connectivity index (χ1n) is 11.1. The number of hydrogen-bond acceptors (Lipinski definition) is 6. The van der Waals surface area contributed by atoms with Crippen LogP contribution in [-0.4, -0.2) is 38.4 Å². The molecule has 1 fully saturated rings. The van der Waals surface area contributed by atoms with E-state index in [0.717, 1.165) is 24.9 Å². The van der Waals surface area contributed by atoms with Gasteiger partial charge < -0.3 is 10.1 Å². The number of hydrogen-bond donors (Lipinski definition) is 1. The molecule has 2 aromatic heterocycles. The Morgan fingerprint density at radius 2 is 2.09 bits per heavy atom. The zero-order valence-electron chi connectivity index (χ0n) is 18.4. The van der Waals surface area contributed by atoms with Crippen LogP contribution in [0.1, 0.15) is 38.7 Å². The van der Waals surface area contributed by atoms with Gasteiger partial charge in [0, 0.05) is 18.5 Å². The van der Waals surface area contributed by atoms with Crippen molar-refractivity contribution in [2.45, 2.75) is 62.6 Å². The number of anilines is 1. The zero-order valence-corrected chi connectivity index (χ0v) is 19.2. The molecule has 4 rings (SSSR count). The Labute approximate surface area is 191 Å². The number of aryl methyl sites for hydroxylation is 1. The highest BCUT2D eigenvalue weighted by molar-refractivity contribution is 8.00. The summed E-state index contributed by atoms with van der Waals surface area (Å²) >= 11 is 1.31. The molecule has 0 aliphatic carbocycles.